The third-order valence-corrected chi connectivity index (χ3v) is 5.96. The molecule has 12 heteroatoms. The molecule has 2 heterocycles. The number of alkyl halides is 3. The first-order valence-corrected chi connectivity index (χ1v) is 9.64. The van der Waals surface area contributed by atoms with Crippen LogP contribution in [0.1, 0.15) is 34.1 Å². The molecule has 1 amide bonds. The maximum absolute atomic E-state index is 13.1. The number of halogens is 4. The van der Waals surface area contributed by atoms with Crippen LogP contribution in [0.5, 0.6) is 0 Å². The van der Waals surface area contributed by atoms with Gasteiger partial charge in [0.25, 0.3) is 15.9 Å². The number of hydrogen-bond acceptors (Lipinski definition) is 5. The molecule has 0 saturated carbocycles. The second kappa shape index (κ2) is 7.13. The van der Waals surface area contributed by atoms with Gasteiger partial charge in [-0.15, -0.1) is 0 Å². The molecule has 0 bridgehead atoms. The van der Waals surface area contributed by atoms with Crippen molar-refractivity contribution in [1.82, 2.24) is 20.2 Å². The third-order valence-electron chi connectivity index (χ3n) is 4.10. The molecule has 0 spiro atoms. The van der Waals surface area contributed by atoms with Gasteiger partial charge >= 0.3 is 6.18 Å². The first-order chi connectivity index (χ1) is 12.6. The minimum absolute atomic E-state index is 0.0936. The summed E-state index contributed by atoms with van der Waals surface area (Å²) in [6, 6.07) is 3.92. The Morgan fingerprint density at radius 3 is 2.70 bits per heavy atom. The number of rotatable bonds is 4. The Morgan fingerprint density at radius 2 is 2.07 bits per heavy atom. The molecule has 146 valence electrons. The van der Waals surface area contributed by atoms with E-state index in [1.54, 1.807) is 4.72 Å². The molecule has 3 N–H and O–H groups in total. The zero-order chi connectivity index (χ0) is 19.8. The van der Waals surface area contributed by atoms with Gasteiger partial charge in [-0.05, 0) is 31.2 Å². The standard InChI is InChI=1S/C15H14ClF3N4O3S/c16-10-3-1-2-9(15(17,18)19)13(10)27(25,26)23-14(24)12-6-11(21-22-12)8-4-5-20-7-8/h1-3,6,8,20H,4-5,7H2,(H,21,22)(H,23,24). The SMILES string of the molecule is O=C(NS(=O)(=O)c1c(Cl)cccc1C(F)(F)F)c1cc(C2CCNC2)[nH]n1. The summed E-state index contributed by atoms with van der Waals surface area (Å²) in [7, 11) is -4.88. The van der Waals surface area contributed by atoms with Crippen molar-refractivity contribution >= 4 is 27.5 Å². The monoisotopic (exact) mass is 422 g/mol. The predicted molar refractivity (Wildman–Crippen MR) is 89.9 cm³/mol. The number of aromatic nitrogens is 2. The molecular weight excluding hydrogens is 409 g/mol. The number of carbonyl (C=O) groups is 1. The second-order valence-electron chi connectivity index (χ2n) is 5.95. The molecule has 1 aromatic heterocycles. The van der Waals surface area contributed by atoms with Crippen LogP contribution in [-0.4, -0.2) is 37.6 Å². The normalized spacial score (nSPS) is 17.9. The molecule has 0 aliphatic carbocycles. The first-order valence-electron chi connectivity index (χ1n) is 7.78. The molecule has 7 nitrogen and oxygen atoms in total. The minimum Gasteiger partial charge on any atom is -0.316 e. The van der Waals surface area contributed by atoms with E-state index in [-0.39, 0.29) is 11.6 Å². The Morgan fingerprint density at radius 1 is 1.33 bits per heavy atom. The summed E-state index contributed by atoms with van der Waals surface area (Å²) in [6.45, 7) is 1.47. The molecule has 1 atom stereocenters. The van der Waals surface area contributed by atoms with E-state index in [1.807, 2.05) is 0 Å². The fourth-order valence-electron chi connectivity index (χ4n) is 2.81. The largest absolute Gasteiger partial charge is 0.417 e. The average Bonchev–Trinajstić information content (AvgIpc) is 3.24. The summed E-state index contributed by atoms with van der Waals surface area (Å²) in [4.78, 5) is 11.0. The van der Waals surface area contributed by atoms with Gasteiger partial charge in [0.2, 0.25) is 0 Å². The van der Waals surface area contributed by atoms with Gasteiger partial charge in [-0.3, -0.25) is 9.89 Å². The topological polar surface area (TPSA) is 104 Å². The van der Waals surface area contributed by atoms with Gasteiger partial charge in [0, 0.05) is 18.2 Å². The molecule has 1 aromatic carbocycles. The number of nitrogens with zero attached hydrogens (tertiary/aromatic N) is 1. The van der Waals surface area contributed by atoms with Crippen LogP contribution in [0.25, 0.3) is 0 Å². The number of nitrogens with one attached hydrogen (secondary N) is 3. The molecule has 27 heavy (non-hydrogen) atoms. The van der Waals surface area contributed by atoms with E-state index in [4.69, 9.17) is 11.6 Å². The van der Waals surface area contributed by atoms with Crippen molar-refractivity contribution in [3.63, 3.8) is 0 Å². The fourth-order valence-corrected chi connectivity index (χ4v) is 4.54. The number of aromatic amines is 1. The van der Waals surface area contributed by atoms with Crippen LogP contribution in [0.15, 0.2) is 29.2 Å². The smallest absolute Gasteiger partial charge is 0.316 e. The van der Waals surface area contributed by atoms with E-state index in [1.165, 1.54) is 6.07 Å². The van der Waals surface area contributed by atoms with Crippen molar-refractivity contribution in [2.24, 2.45) is 0 Å². The predicted octanol–water partition coefficient (Wildman–Crippen LogP) is 2.28. The van der Waals surface area contributed by atoms with E-state index < -0.39 is 37.6 Å². The van der Waals surface area contributed by atoms with Crippen LogP contribution in [0.4, 0.5) is 13.2 Å². The lowest BCUT2D eigenvalue weighted by atomic mass is 10.1. The van der Waals surface area contributed by atoms with Crippen molar-refractivity contribution in [3.05, 3.63) is 46.2 Å². The highest BCUT2D eigenvalue weighted by molar-refractivity contribution is 7.90. The highest BCUT2D eigenvalue weighted by Gasteiger charge is 2.39. The molecule has 1 fully saturated rings. The maximum atomic E-state index is 13.1. The Labute approximate surface area is 157 Å². The lowest BCUT2D eigenvalue weighted by molar-refractivity contribution is -0.139. The number of amides is 1. The van der Waals surface area contributed by atoms with Crippen molar-refractivity contribution in [2.75, 3.05) is 13.1 Å². The van der Waals surface area contributed by atoms with Crippen LogP contribution in [0.2, 0.25) is 5.02 Å². The van der Waals surface area contributed by atoms with Gasteiger partial charge in [-0.25, -0.2) is 13.1 Å². The summed E-state index contributed by atoms with van der Waals surface area (Å²) in [5.74, 6) is -1.06. The van der Waals surface area contributed by atoms with Crippen molar-refractivity contribution in [2.45, 2.75) is 23.4 Å². The van der Waals surface area contributed by atoms with Crippen LogP contribution >= 0.6 is 11.6 Å². The highest BCUT2D eigenvalue weighted by Crippen LogP contribution is 2.37. The summed E-state index contributed by atoms with van der Waals surface area (Å²) in [5, 5.41) is 8.88. The summed E-state index contributed by atoms with van der Waals surface area (Å²) in [5.41, 5.74) is -1.08. The fraction of sp³-hybridized carbons (Fsp3) is 0.333. The summed E-state index contributed by atoms with van der Waals surface area (Å²) < 4.78 is 65.8. The van der Waals surface area contributed by atoms with Gasteiger partial charge in [0.05, 0.1) is 10.6 Å². The van der Waals surface area contributed by atoms with Crippen LogP contribution in [-0.2, 0) is 16.2 Å². The molecule has 1 aliphatic rings. The molecular formula is C15H14ClF3N4O3S. The number of carbonyl (C=O) groups excluding carboxylic acids is 1. The van der Waals surface area contributed by atoms with Crippen molar-refractivity contribution in [1.29, 1.82) is 0 Å². The maximum Gasteiger partial charge on any atom is 0.417 e. The number of H-pyrrole nitrogens is 1. The number of benzene rings is 1. The quantitative estimate of drug-likeness (QED) is 0.701. The molecule has 3 rings (SSSR count). The van der Waals surface area contributed by atoms with Gasteiger partial charge in [-0.1, -0.05) is 17.7 Å². The van der Waals surface area contributed by atoms with Gasteiger partial charge in [0.15, 0.2) is 5.69 Å². The van der Waals surface area contributed by atoms with E-state index >= 15 is 0 Å². The molecule has 1 aliphatic heterocycles. The summed E-state index contributed by atoms with van der Waals surface area (Å²) in [6.07, 6.45) is -4.15. The lowest BCUT2D eigenvalue weighted by Crippen LogP contribution is -2.32. The third kappa shape index (κ3) is 4.09. The highest BCUT2D eigenvalue weighted by atomic mass is 35.5. The Hall–Kier alpha value is -2.11. The molecule has 1 unspecified atom stereocenters. The molecule has 0 radical (unpaired) electrons. The number of hydrogen-bond donors (Lipinski definition) is 3. The molecule has 1 saturated heterocycles. The van der Waals surface area contributed by atoms with E-state index in [0.717, 1.165) is 25.1 Å². The lowest BCUT2D eigenvalue weighted by Gasteiger charge is -2.14. The van der Waals surface area contributed by atoms with Crippen molar-refractivity contribution < 1.29 is 26.4 Å². The van der Waals surface area contributed by atoms with E-state index in [2.05, 4.69) is 15.5 Å². The second-order valence-corrected chi connectivity index (χ2v) is 7.97. The Kier molecular flexibility index (Phi) is 5.19. The first kappa shape index (κ1) is 19.6. The van der Waals surface area contributed by atoms with Crippen molar-refractivity contribution in [3.8, 4) is 0 Å². The Bertz CT molecular complexity index is 969. The van der Waals surface area contributed by atoms with E-state index in [0.29, 0.717) is 18.3 Å². The van der Waals surface area contributed by atoms with Gasteiger partial charge in [0.1, 0.15) is 4.90 Å². The average molecular weight is 423 g/mol. The Balaban J connectivity index is 1.88. The van der Waals surface area contributed by atoms with Gasteiger partial charge in [-0.2, -0.15) is 18.3 Å². The zero-order valence-corrected chi connectivity index (χ0v) is 15.2. The molecule has 2 aromatic rings. The minimum atomic E-state index is -4.97. The van der Waals surface area contributed by atoms with Crippen LogP contribution in [0, 0.1) is 0 Å². The summed E-state index contributed by atoms with van der Waals surface area (Å²) >= 11 is 5.68. The number of sulfonamides is 1. The zero-order valence-electron chi connectivity index (χ0n) is 13.6. The van der Waals surface area contributed by atoms with Crippen LogP contribution < -0.4 is 10.0 Å². The van der Waals surface area contributed by atoms with E-state index in [9.17, 15) is 26.4 Å². The van der Waals surface area contributed by atoms with Gasteiger partial charge < -0.3 is 5.32 Å². The van der Waals surface area contributed by atoms with Crippen LogP contribution in [0.3, 0.4) is 0 Å².